The largest absolute Gasteiger partial charge is 0.480 e. The molecule has 0 aromatic heterocycles. The lowest BCUT2D eigenvalue weighted by molar-refractivity contribution is -0.160. The summed E-state index contributed by atoms with van der Waals surface area (Å²) in [6.07, 6.45) is 2.80. The summed E-state index contributed by atoms with van der Waals surface area (Å²) in [5.74, 6) is -1.52. The van der Waals surface area contributed by atoms with E-state index < -0.39 is 23.1 Å². The fourth-order valence-electron chi connectivity index (χ4n) is 5.54. The molecule has 2 aromatic carbocycles. The molecule has 2 N–H and O–H groups in total. The van der Waals surface area contributed by atoms with Crippen molar-refractivity contribution in [2.75, 3.05) is 13.2 Å². The molecule has 35 heavy (non-hydrogen) atoms. The Hall–Kier alpha value is -3.35. The highest BCUT2D eigenvalue weighted by Gasteiger charge is 2.48. The summed E-state index contributed by atoms with van der Waals surface area (Å²) >= 11 is 0. The van der Waals surface area contributed by atoms with Gasteiger partial charge in [-0.1, -0.05) is 67.8 Å². The van der Waals surface area contributed by atoms with Crippen LogP contribution in [0.15, 0.2) is 48.5 Å². The Kier molecular flexibility index (Phi) is 6.88. The van der Waals surface area contributed by atoms with E-state index in [0.717, 1.165) is 41.5 Å². The summed E-state index contributed by atoms with van der Waals surface area (Å²) in [7, 11) is 0. The molecule has 2 aliphatic carbocycles. The van der Waals surface area contributed by atoms with Gasteiger partial charge < -0.3 is 20.1 Å². The van der Waals surface area contributed by atoms with E-state index in [0.29, 0.717) is 12.8 Å². The number of hydrogen-bond donors (Lipinski definition) is 2. The van der Waals surface area contributed by atoms with Crippen molar-refractivity contribution in [3.8, 4) is 11.1 Å². The zero-order valence-electron chi connectivity index (χ0n) is 20.7. The lowest BCUT2D eigenvalue weighted by Crippen LogP contribution is -2.65. The minimum absolute atomic E-state index is 0.0794. The molecular weight excluding hydrogens is 444 g/mol. The molecule has 2 aromatic rings. The number of rotatable bonds is 7. The zero-order chi connectivity index (χ0) is 25.2. The van der Waals surface area contributed by atoms with Gasteiger partial charge in [-0.05, 0) is 55.9 Å². The van der Waals surface area contributed by atoms with Crippen molar-refractivity contribution < 1.29 is 24.2 Å². The average molecular weight is 479 g/mol. The van der Waals surface area contributed by atoms with Crippen LogP contribution in [0.25, 0.3) is 11.1 Å². The van der Waals surface area contributed by atoms with Gasteiger partial charge in [-0.25, -0.2) is 9.59 Å². The second kappa shape index (κ2) is 9.72. The number of hydrogen-bond acceptors (Lipinski definition) is 4. The average Bonchev–Trinajstić information content (AvgIpc) is 3.17. The maximum absolute atomic E-state index is 13.7. The SMILES string of the molecule is CCN(C(=O)C1(NC(=O)OCC2c3ccccc3-c3ccccc32)CCCCC1)C(C)(C)C(=O)O. The smallest absolute Gasteiger partial charge is 0.408 e. The van der Waals surface area contributed by atoms with Crippen molar-refractivity contribution >= 4 is 18.0 Å². The number of nitrogens with one attached hydrogen (secondary N) is 1. The summed E-state index contributed by atoms with van der Waals surface area (Å²) in [6, 6.07) is 16.2. The van der Waals surface area contributed by atoms with Crippen molar-refractivity contribution in [3.05, 3.63) is 59.7 Å². The number of carbonyl (C=O) groups is 3. The van der Waals surface area contributed by atoms with Crippen LogP contribution in [0.2, 0.25) is 0 Å². The Labute approximate surface area is 206 Å². The number of carbonyl (C=O) groups excluding carboxylic acids is 2. The molecule has 4 rings (SSSR count). The molecule has 0 spiro atoms. The number of nitrogens with zero attached hydrogens (tertiary/aromatic N) is 1. The first-order valence-corrected chi connectivity index (χ1v) is 12.4. The summed E-state index contributed by atoms with van der Waals surface area (Å²) < 4.78 is 5.73. The van der Waals surface area contributed by atoms with E-state index in [-0.39, 0.29) is 25.0 Å². The van der Waals surface area contributed by atoms with Crippen molar-refractivity contribution in [1.29, 1.82) is 0 Å². The molecule has 2 amide bonds. The van der Waals surface area contributed by atoms with E-state index in [9.17, 15) is 19.5 Å². The number of likely N-dealkylation sites (N-methyl/N-ethyl adjacent to an activating group) is 1. The fourth-order valence-corrected chi connectivity index (χ4v) is 5.54. The minimum Gasteiger partial charge on any atom is -0.480 e. The van der Waals surface area contributed by atoms with Gasteiger partial charge in [-0.15, -0.1) is 0 Å². The number of carboxylic acid groups (broad SMARTS) is 1. The number of fused-ring (bicyclic) bond motifs is 3. The minimum atomic E-state index is -1.39. The molecule has 0 atom stereocenters. The van der Waals surface area contributed by atoms with Crippen LogP contribution >= 0.6 is 0 Å². The van der Waals surface area contributed by atoms with Gasteiger partial charge >= 0.3 is 12.1 Å². The number of ether oxygens (including phenoxy) is 1. The molecule has 0 bridgehead atoms. The molecule has 0 aliphatic heterocycles. The van der Waals surface area contributed by atoms with Crippen LogP contribution < -0.4 is 5.32 Å². The monoisotopic (exact) mass is 478 g/mol. The predicted molar refractivity (Wildman–Crippen MR) is 133 cm³/mol. The van der Waals surface area contributed by atoms with Crippen LogP contribution in [0.3, 0.4) is 0 Å². The molecule has 2 aliphatic rings. The first-order chi connectivity index (χ1) is 16.7. The third-order valence-electron chi connectivity index (χ3n) is 7.56. The second-order valence-electron chi connectivity index (χ2n) is 10.0. The molecule has 1 saturated carbocycles. The Bertz CT molecular complexity index is 1070. The maximum Gasteiger partial charge on any atom is 0.408 e. The van der Waals surface area contributed by atoms with Gasteiger partial charge in [0, 0.05) is 12.5 Å². The topological polar surface area (TPSA) is 95.9 Å². The molecule has 0 unspecified atom stereocenters. The summed E-state index contributed by atoms with van der Waals surface area (Å²) in [6.45, 7) is 5.17. The van der Waals surface area contributed by atoms with Gasteiger partial charge in [0.25, 0.3) is 0 Å². The van der Waals surface area contributed by atoms with Crippen LogP contribution in [0.4, 0.5) is 4.79 Å². The van der Waals surface area contributed by atoms with E-state index in [1.54, 1.807) is 6.92 Å². The first kappa shape index (κ1) is 24.8. The quantitative estimate of drug-likeness (QED) is 0.588. The van der Waals surface area contributed by atoms with Crippen molar-refractivity contribution in [3.63, 3.8) is 0 Å². The van der Waals surface area contributed by atoms with Crippen molar-refractivity contribution in [1.82, 2.24) is 10.2 Å². The van der Waals surface area contributed by atoms with Gasteiger partial charge in [-0.3, -0.25) is 4.79 Å². The first-order valence-electron chi connectivity index (χ1n) is 12.4. The molecule has 7 heteroatoms. The lowest BCUT2D eigenvalue weighted by Gasteiger charge is -2.44. The number of amides is 2. The molecule has 0 saturated heterocycles. The van der Waals surface area contributed by atoms with Crippen LogP contribution in [0.1, 0.15) is 69.9 Å². The highest BCUT2D eigenvalue weighted by atomic mass is 16.5. The fraction of sp³-hybridized carbons (Fsp3) is 0.464. The van der Waals surface area contributed by atoms with E-state index in [2.05, 4.69) is 29.6 Å². The summed E-state index contributed by atoms with van der Waals surface area (Å²) in [4.78, 5) is 40.0. The normalized spacial score (nSPS) is 16.7. The van der Waals surface area contributed by atoms with Gasteiger partial charge in [0.2, 0.25) is 5.91 Å². The number of benzene rings is 2. The predicted octanol–water partition coefficient (Wildman–Crippen LogP) is 4.94. The molecule has 0 heterocycles. The summed E-state index contributed by atoms with van der Waals surface area (Å²) in [5.41, 5.74) is 1.97. The van der Waals surface area contributed by atoms with Crippen molar-refractivity contribution in [2.24, 2.45) is 0 Å². The Morgan fingerprint density at radius 3 is 2.06 bits per heavy atom. The number of alkyl carbamates (subject to hydrolysis) is 1. The molecule has 1 fully saturated rings. The van der Waals surface area contributed by atoms with E-state index >= 15 is 0 Å². The lowest BCUT2D eigenvalue weighted by atomic mass is 9.79. The van der Waals surface area contributed by atoms with E-state index in [1.807, 2.05) is 24.3 Å². The van der Waals surface area contributed by atoms with Crippen LogP contribution in [-0.2, 0) is 14.3 Å². The molecule has 0 radical (unpaired) electrons. The third kappa shape index (κ3) is 4.51. The van der Waals surface area contributed by atoms with Gasteiger partial charge in [0.1, 0.15) is 17.7 Å². The molecular formula is C28H34N2O5. The third-order valence-corrected chi connectivity index (χ3v) is 7.56. The highest BCUT2D eigenvalue weighted by Crippen LogP contribution is 2.44. The van der Waals surface area contributed by atoms with Crippen LogP contribution in [0.5, 0.6) is 0 Å². The number of aliphatic carboxylic acids is 1. The number of carboxylic acids is 1. The molecule has 7 nitrogen and oxygen atoms in total. The van der Waals surface area contributed by atoms with Crippen molar-refractivity contribution in [2.45, 2.75) is 69.9 Å². The molecule has 186 valence electrons. The van der Waals surface area contributed by atoms with Gasteiger partial charge in [0.15, 0.2) is 0 Å². The van der Waals surface area contributed by atoms with Gasteiger partial charge in [-0.2, -0.15) is 0 Å². The van der Waals surface area contributed by atoms with Crippen LogP contribution in [-0.4, -0.2) is 52.2 Å². The maximum atomic E-state index is 13.7. The summed E-state index contributed by atoms with van der Waals surface area (Å²) in [5, 5.41) is 12.6. The zero-order valence-corrected chi connectivity index (χ0v) is 20.7. The second-order valence-corrected chi connectivity index (χ2v) is 10.0. The van der Waals surface area contributed by atoms with E-state index in [4.69, 9.17) is 4.74 Å². The van der Waals surface area contributed by atoms with Gasteiger partial charge in [0.05, 0.1) is 0 Å². The Balaban J connectivity index is 1.52. The highest BCUT2D eigenvalue weighted by molar-refractivity contribution is 5.94. The van der Waals surface area contributed by atoms with E-state index in [1.165, 1.54) is 18.7 Å². The Morgan fingerprint density at radius 1 is 1.00 bits per heavy atom. The Morgan fingerprint density at radius 2 is 1.54 bits per heavy atom. The van der Waals surface area contributed by atoms with Crippen LogP contribution in [0, 0.1) is 0 Å². The standard InChI is InChI=1S/C28H34N2O5/c1-4-30(27(2,3)25(32)33)24(31)28(16-10-5-11-17-28)29-26(34)35-18-23-21-14-8-6-12-19(21)20-13-7-9-15-22(20)23/h6-9,12-15,23H,4-5,10-11,16-18H2,1-3H3,(H,29,34)(H,32,33).